The van der Waals surface area contributed by atoms with Gasteiger partial charge in [-0.05, 0) is 11.1 Å². The zero-order valence-electron chi connectivity index (χ0n) is 13.9. The van der Waals surface area contributed by atoms with Gasteiger partial charge in [-0.3, -0.25) is 9.69 Å². The van der Waals surface area contributed by atoms with Gasteiger partial charge in [-0.25, -0.2) is 0 Å². The number of carbonyl (C=O) groups excluding carboxylic acids is 1. The molecule has 3 heteroatoms. The fraction of sp³-hybridized carbons (Fsp3) is 0.286. The first kappa shape index (κ1) is 16.6. The van der Waals surface area contributed by atoms with E-state index in [1.807, 2.05) is 60.7 Å². The normalized spacial score (nSPS) is 16.5. The van der Waals surface area contributed by atoms with Crippen LogP contribution < -0.4 is 0 Å². The van der Waals surface area contributed by atoms with Crippen LogP contribution in [0.25, 0.3) is 5.57 Å². The van der Waals surface area contributed by atoms with Crippen molar-refractivity contribution in [1.82, 2.24) is 4.90 Å². The predicted octanol–water partition coefficient (Wildman–Crippen LogP) is 3.38. The Labute approximate surface area is 143 Å². The molecule has 1 heterocycles. The molecule has 1 saturated heterocycles. The van der Waals surface area contributed by atoms with Crippen LogP contribution >= 0.6 is 0 Å². The fourth-order valence-corrected chi connectivity index (χ4v) is 3.06. The summed E-state index contributed by atoms with van der Waals surface area (Å²) >= 11 is 0. The molecular weight excluding hydrogens is 298 g/mol. The van der Waals surface area contributed by atoms with Crippen LogP contribution in [0.15, 0.2) is 67.2 Å². The molecule has 3 nitrogen and oxygen atoms in total. The summed E-state index contributed by atoms with van der Waals surface area (Å²) in [6, 6.07) is 19.7. The molecule has 0 bridgehead atoms. The van der Waals surface area contributed by atoms with Crippen LogP contribution in [0.5, 0.6) is 0 Å². The van der Waals surface area contributed by atoms with E-state index >= 15 is 0 Å². The maximum Gasteiger partial charge on any atom is 0.171 e. The Morgan fingerprint density at radius 1 is 1.00 bits per heavy atom. The second kappa shape index (κ2) is 8.04. The molecule has 2 aromatic rings. The van der Waals surface area contributed by atoms with Gasteiger partial charge in [0.05, 0.1) is 19.1 Å². The lowest BCUT2D eigenvalue weighted by Gasteiger charge is -2.30. The van der Waals surface area contributed by atoms with Crippen molar-refractivity contribution in [2.45, 2.75) is 5.92 Å². The molecule has 2 aromatic carbocycles. The molecule has 0 aromatic heterocycles. The summed E-state index contributed by atoms with van der Waals surface area (Å²) in [6.45, 7) is 7.98. The SMILES string of the molecule is C=C(C(=O)C(CN1CCOCC1)c1ccccc1)c1ccccc1. The van der Waals surface area contributed by atoms with E-state index < -0.39 is 0 Å². The molecule has 1 unspecified atom stereocenters. The van der Waals surface area contributed by atoms with Crippen molar-refractivity contribution in [2.24, 2.45) is 0 Å². The smallest absolute Gasteiger partial charge is 0.171 e. The molecule has 3 rings (SSSR count). The first-order valence-electron chi connectivity index (χ1n) is 8.39. The monoisotopic (exact) mass is 321 g/mol. The van der Waals surface area contributed by atoms with Crippen LogP contribution in [-0.4, -0.2) is 43.5 Å². The van der Waals surface area contributed by atoms with E-state index in [0.717, 1.165) is 37.4 Å². The molecule has 0 amide bonds. The lowest BCUT2D eigenvalue weighted by Crippen LogP contribution is -2.40. The van der Waals surface area contributed by atoms with Gasteiger partial charge in [0.15, 0.2) is 5.78 Å². The number of Topliss-reactive ketones (excluding diaryl/α,β-unsaturated/α-hetero) is 1. The number of morpholine rings is 1. The largest absolute Gasteiger partial charge is 0.379 e. The molecule has 124 valence electrons. The van der Waals surface area contributed by atoms with Crippen molar-refractivity contribution in [3.63, 3.8) is 0 Å². The Morgan fingerprint density at radius 3 is 2.21 bits per heavy atom. The van der Waals surface area contributed by atoms with Gasteiger partial charge in [-0.1, -0.05) is 67.2 Å². The van der Waals surface area contributed by atoms with Crippen LogP contribution in [0, 0.1) is 0 Å². The van der Waals surface area contributed by atoms with E-state index in [2.05, 4.69) is 11.5 Å². The highest BCUT2D eigenvalue weighted by atomic mass is 16.5. The molecule has 1 aliphatic heterocycles. The molecule has 0 N–H and O–H groups in total. The zero-order chi connectivity index (χ0) is 16.8. The van der Waals surface area contributed by atoms with Gasteiger partial charge < -0.3 is 4.74 Å². The zero-order valence-corrected chi connectivity index (χ0v) is 13.9. The quantitative estimate of drug-likeness (QED) is 0.764. The fourth-order valence-electron chi connectivity index (χ4n) is 3.06. The number of rotatable bonds is 6. The summed E-state index contributed by atoms with van der Waals surface area (Å²) in [5.74, 6) is -0.101. The van der Waals surface area contributed by atoms with Gasteiger partial charge in [0.25, 0.3) is 0 Å². The van der Waals surface area contributed by atoms with Crippen molar-refractivity contribution in [2.75, 3.05) is 32.8 Å². The maximum atomic E-state index is 13.2. The number of nitrogens with zero attached hydrogens (tertiary/aromatic N) is 1. The minimum Gasteiger partial charge on any atom is -0.379 e. The molecule has 24 heavy (non-hydrogen) atoms. The topological polar surface area (TPSA) is 29.5 Å². The molecule has 0 aliphatic carbocycles. The third-order valence-electron chi connectivity index (χ3n) is 4.48. The average Bonchev–Trinajstić information content (AvgIpc) is 2.67. The lowest BCUT2D eigenvalue weighted by molar-refractivity contribution is -0.115. The van der Waals surface area contributed by atoms with E-state index in [1.54, 1.807) is 0 Å². The number of ketones is 1. The summed E-state index contributed by atoms with van der Waals surface area (Å²) < 4.78 is 5.42. The summed E-state index contributed by atoms with van der Waals surface area (Å²) in [5, 5.41) is 0. The van der Waals surface area contributed by atoms with E-state index in [-0.39, 0.29) is 11.7 Å². The summed E-state index contributed by atoms with van der Waals surface area (Å²) in [4.78, 5) is 15.5. The molecule has 0 spiro atoms. The highest BCUT2D eigenvalue weighted by Crippen LogP contribution is 2.26. The third-order valence-corrected chi connectivity index (χ3v) is 4.48. The van der Waals surface area contributed by atoms with Crippen LogP contribution in [0.2, 0.25) is 0 Å². The van der Waals surface area contributed by atoms with Gasteiger partial charge >= 0.3 is 0 Å². The van der Waals surface area contributed by atoms with Gasteiger partial charge in [0.1, 0.15) is 0 Å². The standard InChI is InChI=1S/C21H23NO2/c1-17(18-8-4-2-5-9-18)21(23)20(19-10-6-3-7-11-19)16-22-12-14-24-15-13-22/h2-11,20H,1,12-16H2. The summed E-state index contributed by atoms with van der Waals surface area (Å²) in [5.41, 5.74) is 2.52. The molecule has 1 fully saturated rings. The molecule has 0 radical (unpaired) electrons. The minimum absolute atomic E-state index is 0.0962. The van der Waals surface area contributed by atoms with Crippen molar-refractivity contribution in [1.29, 1.82) is 0 Å². The first-order chi connectivity index (χ1) is 11.8. The van der Waals surface area contributed by atoms with Crippen molar-refractivity contribution in [3.05, 3.63) is 78.4 Å². The Bertz CT molecular complexity index is 675. The van der Waals surface area contributed by atoms with Crippen LogP contribution in [0.4, 0.5) is 0 Å². The molecule has 1 aliphatic rings. The predicted molar refractivity (Wildman–Crippen MR) is 96.9 cm³/mol. The summed E-state index contributed by atoms with van der Waals surface area (Å²) in [6.07, 6.45) is 0. The molecule has 0 saturated carbocycles. The number of hydrogen-bond acceptors (Lipinski definition) is 3. The van der Waals surface area contributed by atoms with Crippen molar-refractivity contribution in [3.8, 4) is 0 Å². The number of hydrogen-bond donors (Lipinski definition) is 0. The van der Waals surface area contributed by atoms with E-state index in [9.17, 15) is 4.79 Å². The van der Waals surface area contributed by atoms with Gasteiger partial charge in [-0.15, -0.1) is 0 Å². The van der Waals surface area contributed by atoms with Crippen molar-refractivity contribution >= 4 is 11.4 Å². The number of benzene rings is 2. The molecular formula is C21H23NO2. The minimum atomic E-state index is -0.197. The number of ether oxygens (including phenoxy) is 1. The molecule has 1 atom stereocenters. The van der Waals surface area contributed by atoms with Crippen LogP contribution in [0.3, 0.4) is 0 Å². The van der Waals surface area contributed by atoms with E-state index in [1.165, 1.54) is 0 Å². The maximum absolute atomic E-state index is 13.2. The first-order valence-corrected chi connectivity index (χ1v) is 8.39. The average molecular weight is 321 g/mol. The Hall–Kier alpha value is -2.23. The van der Waals surface area contributed by atoms with Gasteiger partial charge in [-0.2, -0.15) is 0 Å². The van der Waals surface area contributed by atoms with Gasteiger partial charge in [0.2, 0.25) is 0 Å². The lowest BCUT2D eigenvalue weighted by atomic mass is 9.88. The summed E-state index contributed by atoms with van der Waals surface area (Å²) in [7, 11) is 0. The highest BCUT2D eigenvalue weighted by molar-refractivity contribution is 6.22. The highest BCUT2D eigenvalue weighted by Gasteiger charge is 2.26. The van der Waals surface area contributed by atoms with Crippen LogP contribution in [-0.2, 0) is 9.53 Å². The van der Waals surface area contributed by atoms with Gasteiger partial charge in [0, 0.05) is 25.2 Å². The van der Waals surface area contributed by atoms with Crippen LogP contribution in [0.1, 0.15) is 17.0 Å². The third kappa shape index (κ3) is 3.99. The Balaban J connectivity index is 1.83. The van der Waals surface area contributed by atoms with E-state index in [0.29, 0.717) is 12.1 Å². The second-order valence-electron chi connectivity index (χ2n) is 6.09. The number of carbonyl (C=O) groups is 1. The van der Waals surface area contributed by atoms with E-state index in [4.69, 9.17) is 4.74 Å². The number of allylic oxidation sites excluding steroid dienone is 1. The Kier molecular flexibility index (Phi) is 5.57. The van der Waals surface area contributed by atoms with Crippen molar-refractivity contribution < 1.29 is 9.53 Å². The second-order valence-corrected chi connectivity index (χ2v) is 6.09. The Morgan fingerprint density at radius 2 is 1.58 bits per heavy atom.